The largest absolute Gasteiger partial charge is 0.478 e. The number of carbonyl (C=O) groups excluding carboxylic acids is 2. The minimum absolute atomic E-state index is 0.0423. The molecule has 0 aliphatic carbocycles. The van der Waals surface area contributed by atoms with Gasteiger partial charge in [0.05, 0.1) is 17.0 Å². The van der Waals surface area contributed by atoms with Crippen LogP contribution in [0.15, 0.2) is 24.3 Å². The lowest BCUT2D eigenvalue weighted by Crippen LogP contribution is -2.17. The maximum absolute atomic E-state index is 11.6. The number of nitrogens with one attached hydrogen (secondary N) is 1. The maximum Gasteiger partial charge on any atom is 0.337 e. The Balaban J connectivity index is 2.48. The minimum atomic E-state index is -1.10. The molecule has 0 bridgehead atoms. The van der Waals surface area contributed by atoms with E-state index in [2.05, 4.69) is 5.32 Å². The van der Waals surface area contributed by atoms with Gasteiger partial charge in [-0.15, -0.1) is 0 Å². The van der Waals surface area contributed by atoms with Gasteiger partial charge in [0.15, 0.2) is 0 Å². The van der Waals surface area contributed by atoms with Crippen molar-refractivity contribution in [1.82, 2.24) is 0 Å². The van der Waals surface area contributed by atoms with Gasteiger partial charge in [0.2, 0.25) is 11.8 Å². The normalized spacial score (nSPS) is 9.89. The summed E-state index contributed by atoms with van der Waals surface area (Å²) in [4.78, 5) is 33.0. The number of anilines is 1. The lowest BCUT2D eigenvalue weighted by molar-refractivity contribution is -0.116. The molecular weight excluding hydrogens is 268 g/mol. The SMILES string of the molecule is NC(=O)CSCCC(=O)Nc1ccccc1C(=O)O. The van der Waals surface area contributed by atoms with E-state index in [4.69, 9.17) is 10.8 Å². The Bertz CT molecular complexity index is 490. The molecule has 1 aromatic rings. The van der Waals surface area contributed by atoms with Crippen LogP contribution in [-0.4, -0.2) is 34.4 Å². The Hall–Kier alpha value is -2.02. The quantitative estimate of drug-likeness (QED) is 0.644. The average molecular weight is 282 g/mol. The number of carbonyl (C=O) groups is 3. The van der Waals surface area contributed by atoms with Gasteiger partial charge >= 0.3 is 5.97 Å². The van der Waals surface area contributed by atoms with E-state index in [1.54, 1.807) is 12.1 Å². The van der Waals surface area contributed by atoms with Crippen LogP contribution in [0.2, 0.25) is 0 Å². The Morgan fingerprint density at radius 2 is 1.95 bits per heavy atom. The van der Waals surface area contributed by atoms with Gasteiger partial charge in [0, 0.05) is 12.2 Å². The van der Waals surface area contributed by atoms with Crippen LogP contribution < -0.4 is 11.1 Å². The molecule has 102 valence electrons. The summed E-state index contributed by atoms with van der Waals surface area (Å²) in [5.41, 5.74) is 5.27. The summed E-state index contributed by atoms with van der Waals surface area (Å²) in [6.45, 7) is 0. The minimum Gasteiger partial charge on any atom is -0.478 e. The number of thioether (sulfide) groups is 1. The number of hydrogen-bond acceptors (Lipinski definition) is 4. The van der Waals surface area contributed by atoms with Gasteiger partial charge in [-0.3, -0.25) is 9.59 Å². The monoisotopic (exact) mass is 282 g/mol. The number of carboxylic acids is 1. The summed E-state index contributed by atoms with van der Waals surface area (Å²) >= 11 is 1.26. The highest BCUT2D eigenvalue weighted by Gasteiger charge is 2.11. The van der Waals surface area contributed by atoms with Crippen molar-refractivity contribution in [2.75, 3.05) is 16.8 Å². The molecule has 1 aromatic carbocycles. The molecule has 0 aliphatic heterocycles. The van der Waals surface area contributed by atoms with Crippen LogP contribution >= 0.6 is 11.8 Å². The highest BCUT2D eigenvalue weighted by atomic mass is 32.2. The number of hydrogen-bond donors (Lipinski definition) is 3. The molecule has 4 N–H and O–H groups in total. The zero-order valence-electron chi connectivity index (χ0n) is 10.1. The van der Waals surface area contributed by atoms with E-state index in [9.17, 15) is 14.4 Å². The van der Waals surface area contributed by atoms with Crippen LogP contribution in [0, 0.1) is 0 Å². The van der Waals surface area contributed by atoms with E-state index in [1.165, 1.54) is 23.9 Å². The molecule has 0 unspecified atom stereocenters. The molecule has 0 heterocycles. The van der Waals surface area contributed by atoms with Crippen molar-refractivity contribution in [3.8, 4) is 0 Å². The van der Waals surface area contributed by atoms with Crippen molar-refractivity contribution in [2.45, 2.75) is 6.42 Å². The van der Waals surface area contributed by atoms with Crippen molar-refractivity contribution in [1.29, 1.82) is 0 Å². The molecule has 2 amide bonds. The smallest absolute Gasteiger partial charge is 0.337 e. The summed E-state index contributed by atoms with van der Waals surface area (Å²) in [5.74, 6) is -1.21. The Labute approximate surface area is 114 Å². The van der Waals surface area contributed by atoms with E-state index in [-0.39, 0.29) is 29.3 Å². The van der Waals surface area contributed by atoms with Crippen molar-refractivity contribution >= 4 is 35.2 Å². The van der Waals surface area contributed by atoms with Gasteiger partial charge in [0.1, 0.15) is 0 Å². The van der Waals surface area contributed by atoms with Gasteiger partial charge in [-0.05, 0) is 12.1 Å². The van der Waals surface area contributed by atoms with Crippen molar-refractivity contribution < 1.29 is 19.5 Å². The van der Waals surface area contributed by atoms with Crippen LogP contribution in [0.25, 0.3) is 0 Å². The Morgan fingerprint density at radius 1 is 1.26 bits per heavy atom. The highest BCUT2D eigenvalue weighted by molar-refractivity contribution is 7.99. The number of aromatic carboxylic acids is 1. The number of carboxylic acid groups (broad SMARTS) is 1. The second-order valence-electron chi connectivity index (χ2n) is 3.67. The summed E-state index contributed by atoms with van der Waals surface area (Å²) in [7, 11) is 0. The molecule has 6 nitrogen and oxygen atoms in total. The summed E-state index contributed by atoms with van der Waals surface area (Å²) < 4.78 is 0. The molecule has 0 aliphatic rings. The maximum atomic E-state index is 11.6. The lowest BCUT2D eigenvalue weighted by Gasteiger charge is -2.07. The number of para-hydroxylation sites is 1. The fourth-order valence-corrected chi connectivity index (χ4v) is 2.00. The summed E-state index contributed by atoms with van der Waals surface area (Å²) in [6.07, 6.45) is 0.186. The third-order valence-corrected chi connectivity index (χ3v) is 3.13. The van der Waals surface area contributed by atoms with E-state index >= 15 is 0 Å². The summed E-state index contributed by atoms with van der Waals surface area (Å²) in [6, 6.07) is 6.17. The molecule has 0 fully saturated rings. The van der Waals surface area contributed by atoms with Gasteiger partial charge < -0.3 is 16.2 Å². The molecule has 7 heteroatoms. The van der Waals surface area contributed by atoms with E-state index in [0.29, 0.717) is 5.75 Å². The predicted octanol–water partition coefficient (Wildman–Crippen LogP) is 0.932. The number of rotatable bonds is 7. The number of primary amides is 1. The first-order valence-corrected chi connectivity index (χ1v) is 6.64. The lowest BCUT2D eigenvalue weighted by atomic mass is 10.2. The molecular formula is C12H14N2O4S. The highest BCUT2D eigenvalue weighted by Crippen LogP contribution is 2.15. The molecule has 0 spiro atoms. The topological polar surface area (TPSA) is 109 Å². The van der Waals surface area contributed by atoms with Gasteiger partial charge in [-0.1, -0.05) is 12.1 Å². The van der Waals surface area contributed by atoms with Crippen LogP contribution in [0.4, 0.5) is 5.69 Å². The van der Waals surface area contributed by atoms with Crippen LogP contribution in [-0.2, 0) is 9.59 Å². The fraction of sp³-hybridized carbons (Fsp3) is 0.250. The Morgan fingerprint density at radius 3 is 2.58 bits per heavy atom. The first kappa shape index (κ1) is 15.0. The van der Waals surface area contributed by atoms with E-state index in [0.717, 1.165) is 0 Å². The predicted molar refractivity (Wildman–Crippen MR) is 73.2 cm³/mol. The first-order valence-electron chi connectivity index (χ1n) is 5.49. The van der Waals surface area contributed by atoms with Gasteiger partial charge in [-0.25, -0.2) is 4.79 Å². The van der Waals surface area contributed by atoms with Gasteiger partial charge in [0.25, 0.3) is 0 Å². The third-order valence-electron chi connectivity index (χ3n) is 2.15. The average Bonchev–Trinajstić information content (AvgIpc) is 2.35. The third kappa shape index (κ3) is 5.43. The molecule has 0 atom stereocenters. The van der Waals surface area contributed by atoms with Crippen LogP contribution in [0.5, 0.6) is 0 Å². The van der Waals surface area contributed by atoms with E-state index in [1.807, 2.05) is 0 Å². The second kappa shape index (κ2) is 7.42. The number of benzene rings is 1. The molecule has 19 heavy (non-hydrogen) atoms. The van der Waals surface area contributed by atoms with Crippen molar-refractivity contribution in [3.63, 3.8) is 0 Å². The molecule has 1 rings (SSSR count). The molecule has 0 radical (unpaired) electrons. The zero-order valence-corrected chi connectivity index (χ0v) is 10.9. The second-order valence-corrected chi connectivity index (χ2v) is 4.77. The number of amides is 2. The molecule has 0 saturated carbocycles. The standard InChI is InChI=1S/C12H14N2O4S/c13-10(15)7-19-6-5-11(16)14-9-4-2-1-3-8(9)12(17)18/h1-4H,5-7H2,(H2,13,15)(H,14,16)(H,17,18). The van der Waals surface area contributed by atoms with E-state index < -0.39 is 11.9 Å². The molecule has 0 saturated heterocycles. The van der Waals surface area contributed by atoms with Crippen molar-refractivity contribution in [3.05, 3.63) is 29.8 Å². The van der Waals surface area contributed by atoms with Crippen molar-refractivity contribution in [2.24, 2.45) is 5.73 Å². The summed E-state index contributed by atoms with van der Waals surface area (Å²) in [5, 5.41) is 11.5. The fourth-order valence-electron chi connectivity index (χ4n) is 1.33. The zero-order chi connectivity index (χ0) is 14.3. The Kier molecular flexibility index (Phi) is 5.87. The van der Waals surface area contributed by atoms with Crippen LogP contribution in [0.3, 0.4) is 0 Å². The number of nitrogens with two attached hydrogens (primary N) is 1. The van der Waals surface area contributed by atoms with Gasteiger partial charge in [-0.2, -0.15) is 11.8 Å². The first-order chi connectivity index (χ1) is 9.00. The molecule has 0 aromatic heterocycles. The van der Waals surface area contributed by atoms with Crippen LogP contribution in [0.1, 0.15) is 16.8 Å².